The van der Waals surface area contributed by atoms with E-state index in [1.54, 1.807) is 72.9 Å². The van der Waals surface area contributed by atoms with Crippen molar-refractivity contribution in [2.75, 3.05) is 162 Å². The molecule has 12 rings (SSSR count). The van der Waals surface area contributed by atoms with Crippen LogP contribution in [0.2, 0.25) is 0 Å². The molecule has 133 heavy (non-hydrogen) atoms. The summed E-state index contributed by atoms with van der Waals surface area (Å²) in [4.78, 5) is 40.5. The minimum Gasteiger partial charge on any atom is -0.495 e. The third-order valence-corrected chi connectivity index (χ3v) is 26.7. The van der Waals surface area contributed by atoms with Crippen LogP contribution in [-0.4, -0.2) is 163 Å². The van der Waals surface area contributed by atoms with E-state index in [0.717, 1.165) is 99.2 Å². The Labute approximate surface area is 826 Å². The number of hydrogen-bond donors (Lipinski definition) is 1. The number of nitrogens with zero attached hydrogens (tertiary/aromatic N) is 13. The van der Waals surface area contributed by atoms with Crippen molar-refractivity contribution in [3.8, 4) is 5.75 Å². The lowest BCUT2D eigenvalue weighted by molar-refractivity contribution is 0.188. The van der Waals surface area contributed by atoms with Crippen molar-refractivity contribution in [3.05, 3.63) is 227 Å². The van der Waals surface area contributed by atoms with Crippen LogP contribution < -0.4 is 39.0 Å². The molecule has 19 nitrogen and oxygen atoms in total. The van der Waals surface area contributed by atoms with E-state index in [0.29, 0.717) is 13.2 Å². The number of imidazole rings is 1. The second kappa shape index (κ2) is 73.7. The van der Waals surface area contributed by atoms with Crippen molar-refractivity contribution >= 4 is 105 Å². The minimum absolute atomic E-state index is 0.0735. The third kappa shape index (κ3) is 52.4. The molecule has 0 atom stereocenters. The molecule has 0 unspecified atom stereocenters. The number of ether oxygens (including phenoxy) is 3. The zero-order valence-electron chi connectivity index (χ0n) is 87.7. The van der Waals surface area contributed by atoms with Crippen LogP contribution in [0.15, 0.2) is 161 Å². The monoisotopic (exact) mass is 1920 g/mol. The number of thiophene rings is 1. The van der Waals surface area contributed by atoms with Crippen molar-refractivity contribution in [2.45, 2.75) is 268 Å². The second-order valence-electron chi connectivity index (χ2n) is 33.6. The summed E-state index contributed by atoms with van der Waals surface area (Å²) in [6.45, 7) is 56.6. The molecule has 0 amide bonds. The zero-order valence-corrected chi connectivity index (χ0v) is 91.8. The lowest BCUT2D eigenvalue weighted by Gasteiger charge is -2.24. The standard InChI is InChI=1S/C21H39NS.C15H25N.C14H23N.C13H21NO2.C11H19NO3.C8H7NS.2C6H10N2S.C6H10N2.C5H6O.C4H5NS/c1-4-6-8-10-12-14-18-22(21-17-16-20(3)23-21)19-15-13-11-9-7-5-2;1-4-6-12-16(13-7-5-2)15-10-8-14(3)9-11-15;1-5-7-10-15(6-2)14-9-8-12(3)13(4)11-14;1-5-14(6-2)12-8-11(9-15)10(3)7-13(12)16-4;1-10-4-5-11(15-10)12(6-8-13-2)7-9-14-3;1-6-9-7-4-2-3-5-8(7)10-6;1-5-7-4-6(9-5)8(2)3;1-5-4-7-6(9-5)8(2)3;1-5-4-7-6(2)8(5)3;1-5-3-2-4-6-5;1-4-2-5-3-6-4/h16-17H,4-15,18-19H2,1-3H3;8-11H,4-7,12-13H2,1-3H3;8-9,11H,5-7,10H2,1-4H3;7-8,15H,5-6,9H2,1-4H3;4-5H,6-9H2,1-3H3;2-5H,1H3;2*4H,1-3H3;4H,1-3H3;2-4H,1H3;2-3H,1H3. The van der Waals surface area contributed by atoms with Gasteiger partial charge in [-0.25, -0.2) is 19.9 Å². The minimum atomic E-state index is 0.0735. The fourth-order valence-electron chi connectivity index (χ4n) is 13.2. The van der Waals surface area contributed by atoms with Crippen molar-refractivity contribution in [2.24, 2.45) is 7.05 Å². The molecule has 0 aliphatic rings. The van der Waals surface area contributed by atoms with Gasteiger partial charge < -0.3 is 67.0 Å². The molecule has 4 aromatic carbocycles. The van der Waals surface area contributed by atoms with Crippen LogP contribution in [0.3, 0.4) is 0 Å². The summed E-state index contributed by atoms with van der Waals surface area (Å²) in [5, 5.41) is 15.3. The number of fused-ring (bicyclic) bond motifs is 1. The number of anilines is 7. The van der Waals surface area contributed by atoms with Crippen LogP contribution in [0.4, 0.5) is 38.1 Å². The Morgan fingerprint density at radius 2 is 1.01 bits per heavy atom. The maximum absolute atomic E-state index is 9.27. The number of benzene rings is 4. The van der Waals surface area contributed by atoms with Gasteiger partial charge in [0.25, 0.3) is 0 Å². The number of para-hydroxylation sites is 1. The van der Waals surface area contributed by atoms with Crippen LogP contribution in [0.1, 0.15) is 246 Å². The first-order valence-electron chi connectivity index (χ1n) is 48.5. The average Bonchev–Trinajstić information content (AvgIpc) is 1.78. The van der Waals surface area contributed by atoms with Gasteiger partial charge >= 0.3 is 0 Å². The normalized spacial score (nSPS) is 10.3. The van der Waals surface area contributed by atoms with E-state index >= 15 is 0 Å². The van der Waals surface area contributed by atoms with Crippen LogP contribution >= 0.6 is 56.7 Å². The molecule has 1 N–H and O–H groups in total. The number of aliphatic hydroxyl groups is 1. The molecule has 0 bridgehead atoms. The van der Waals surface area contributed by atoms with Gasteiger partial charge in [-0.1, -0.05) is 154 Å². The van der Waals surface area contributed by atoms with Crippen LogP contribution in [0.5, 0.6) is 5.75 Å². The molecule has 8 heterocycles. The molecule has 742 valence electrons. The number of hydrogen-bond acceptors (Lipinski definition) is 23. The summed E-state index contributed by atoms with van der Waals surface area (Å²) < 4.78 is 29.2. The van der Waals surface area contributed by atoms with E-state index in [1.165, 1.54) is 211 Å². The highest BCUT2D eigenvalue weighted by atomic mass is 32.1. The lowest BCUT2D eigenvalue weighted by atomic mass is 10.1. The number of aryl methyl sites for hydroxylation is 13. The van der Waals surface area contributed by atoms with Gasteiger partial charge in [-0.15, -0.1) is 56.7 Å². The molecule has 0 spiro atoms. The highest BCUT2D eigenvalue weighted by molar-refractivity contribution is 7.18. The summed E-state index contributed by atoms with van der Waals surface area (Å²) in [6, 6.07) is 40.2. The SMILES string of the molecule is CCCCCCCCN(CCCCCCCC)c1ccc(C)s1.CCCCN(CC)c1ccc(C)c(C)c1.CCCCN(CCCC)c1ccc(C)cc1.CCN(CC)c1cc(CO)c(C)cc1OC.COCCN(CCOC)c1ccc(C)o1.Cc1ccco1.Cc1cnc(C)n1C.Cc1cnc(N(C)C)s1.Cc1cncs1.Cc1nc2ccccc2s1.Cc1ncc(N(C)C)s1. The molecule has 0 saturated carbocycles. The Morgan fingerprint density at radius 1 is 0.429 bits per heavy atom. The Kier molecular flexibility index (Phi) is 66.8. The first kappa shape index (κ1) is 120. The maximum Gasteiger partial charge on any atom is 0.195 e. The van der Waals surface area contributed by atoms with Crippen molar-refractivity contribution in [1.82, 2.24) is 29.5 Å². The number of furan rings is 2. The van der Waals surface area contributed by atoms with Gasteiger partial charge in [-0.2, -0.15) is 0 Å². The maximum atomic E-state index is 9.27. The Bertz CT molecular complexity index is 4590. The van der Waals surface area contributed by atoms with Gasteiger partial charge in [0.05, 0.1) is 75.8 Å². The first-order valence-corrected chi connectivity index (χ1v) is 52.7. The molecule has 0 saturated heterocycles. The van der Waals surface area contributed by atoms with Crippen LogP contribution in [0.25, 0.3) is 10.2 Å². The predicted molar refractivity (Wildman–Crippen MR) is 586 cm³/mol. The number of rotatable bonds is 41. The van der Waals surface area contributed by atoms with E-state index in [4.69, 9.17) is 23.0 Å². The fourth-order valence-corrected chi connectivity index (χ4v) is 16.7. The third-order valence-electron chi connectivity index (χ3n) is 21.8. The summed E-state index contributed by atoms with van der Waals surface area (Å²) >= 11 is 8.79. The second-order valence-corrected chi connectivity index (χ2v) is 39.6. The smallest absolute Gasteiger partial charge is 0.195 e. The van der Waals surface area contributed by atoms with Crippen LogP contribution in [-0.2, 0) is 23.1 Å². The molecular formula is C109H175N13O6S5. The van der Waals surface area contributed by atoms with Gasteiger partial charge in [-0.05, 0) is 244 Å². The number of methoxy groups -OCH3 is 3. The molecule has 0 aliphatic carbocycles. The fraction of sp³-hybridized carbons (Fsp3) is 0.550. The Hall–Kier alpha value is -8.59. The number of aromatic nitrogens is 6. The summed E-state index contributed by atoms with van der Waals surface area (Å²) in [5.41, 5.74) is 14.1. The Balaban J connectivity index is 0.000000505. The average molecular weight is 1920 g/mol. The van der Waals surface area contributed by atoms with E-state index in [2.05, 4.69) is 210 Å². The summed E-state index contributed by atoms with van der Waals surface area (Å²) in [7, 11) is 15.1. The first-order chi connectivity index (χ1) is 63.9. The molecule has 0 radical (unpaired) electrons. The highest BCUT2D eigenvalue weighted by Crippen LogP contribution is 2.33. The number of aliphatic hydroxyl groups excluding tert-OH is 1. The zero-order chi connectivity index (χ0) is 98.7. The highest BCUT2D eigenvalue weighted by Gasteiger charge is 2.15. The topological polar surface area (TPSA) is 166 Å². The van der Waals surface area contributed by atoms with Crippen molar-refractivity contribution < 1.29 is 28.2 Å². The van der Waals surface area contributed by atoms with Gasteiger partial charge in [0.1, 0.15) is 28.1 Å². The lowest BCUT2D eigenvalue weighted by Crippen LogP contribution is -2.30. The van der Waals surface area contributed by atoms with Crippen molar-refractivity contribution in [3.63, 3.8) is 0 Å². The van der Waals surface area contributed by atoms with Crippen LogP contribution in [0, 0.1) is 90.0 Å². The van der Waals surface area contributed by atoms with E-state index in [9.17, 15) is 5.11 Å². The van der Waals surface area contributed by atoms with Crippen molar-refractivity contribution in [1.29, 1.82) is 0 Å². The molecule has 12 aromatic rings. The number of unbranched alkanes of at least 4 members (excludes halogenated alkanes) is 13. The van der Waals surface area contributed by atoms with Gasteiger partial charge in [-0.3, -0.25) is 4.98 Å². The van der Waals surface area contributed by atoms with Gasteiger partial charge in [0.2, 0.25) is 0 Å². The van der Waals surface area contributed by atoms with E-state index in [-0.39, 0.29) is 6.61 Å². The Morgan fingerprint density at radius 3 is 1.40 bits per heavy atom. The molecule has 0 aliphatic heterocycles. The predicted octanol–water partition coefficient (Wildman–Crippen LogP) is 29.7. The van der Waals surface area contributed by atoms with Gasteiger partial charge in [0.15, 0.2) is 11.0 Å². The molecule has 24 heteroatoms. The largest absolute Gasteiger partial charge is 0.495 e. The van der Waals surface area contributed by atoms with E-state index in [1.807, 2.05) is 192 Å². The molecular weight excluding hydrogens is 1750 g/mol. The summed E-state index contributed by atoms with van der Waals surface area (Å²) in [5.74, 6) is 4.71. The summed E-state index contributed by atoms with van der Waals surface area (Å²) in [6.07, 6.45) is 33.5. The van der Waals surface area contributed by atoms with E-state index < -0.39 is 0 Å². The van der Waals surface area contributed by atoms with Gasteiger partial charge in [0, 0.05) is 171 Å². The number of thiazole rings is 4. The quantitative estimate of drug-likeness (QED) is 0.0359. The molecule has 0 fully saturated rings. The molecule has 8 aromatic heterocycles.